The van der Waals surface area contributed by atoms with Gasteiger partial charge in [-0.15, -0.1) is 0 Å². The Morgan fingerprint density at radius 1 is 0.940 bits per heavy atom. The predicted octanol–water partition coefficient (Wildman–Crippen LogP) is 7.20. The molecule has 8 heteroatoms. The summed E-state index contributed by atoms with van der Waals surface area (Å²) in [5.41, 5.74) is 0.482. The zero-order valence-corrected chi connectivity index (χ0v) is 32.6. The van der Waals surface area contributed by atoms with Crippen LogP contribution in [0.15, 0.2) is 11.1 Å². The maximum atomic E-state index is 14.0. The average molecular weight is 698 g/mol. The van der Waals surface area contributed by atoms with Gasteiger partial charge in [0.15, 0.2) is 5.78 Å². The maximum Gasteiger partial charge on any atom is 0.309 e. The van der Waals surface area contributed by atoms with Gasteiger partial charge in [0.2, 0.25) is 0 Å². The van der Waals surface area contributed by atoms with Gasteiger partial charge in [-0.1, -0.05) is 54.0 Å². The fraction of sp³-hybridized carbons (Fsp3) is 0.881. The summed E-state index contributed by atoms with van der Waals surface area (Å²) in [6.07, 6.45) is 9.23. The molecule has 0 aromatic rings. The molecule has 6 aliphatic rings. The Morgan fingerprint density at radius 2 is 1.64 bits per heavy atom. The number of ether oxygens (including phenoxy) is 1. The number of aliphatic hydroxyl groups excluding tert-OH is 2. The molecule has 5 fully saturated rings. The number of carbonyl (C=O) groups is 3. The van der Waals surface area contributed by atoms with Crippen molar-refractivity contribution in [3.63, 3.8) is 0 Å². The van der Waals surface area contributed by atoms with Gasteiger partial charge in [-0.05, 0) is 130 Å². The van der Waals surface area contributed by atoms with Crippen molar-refractivity contribution in [2.45, 2.75) is 158 Å². The van der Waals surface area contributed by atoms with Gasteiger partial charge in [-0.2, -0.15) is 0 Å². The quantitative estimate of drug-likeness (QED) is 0.216. The molecule has 0 radical (unpaired) electrons. The van der Waals surface area contributed by atoms with Gasteiger partial charge in [-0.3, -0.25) is 19.3 Å². The van der Waals surface area contributed by atoms with Crippen LogP contribution in [0.2, 0.25) is 0 Å². The van der Waals surface area contributed by atoms with E-state index in [9.17, 15) is 29.7 Å². The third-order valence-electron chi connectivity index (χ3n) is 16.6. The van der Waals surface area contributed by atoms with Gasteiger partial charge in [0, 0.05) is 29.8 Å². The molecular weight excluding hydrogens is 630 g/mol. The monoisotopic (exact) mass is 697 g/mol. The minimum atomic E-state index is -1.16. The molecule has 1 heterocycles. The molecule has 2 unspecified atom stereocenters. The summed E-state index contributed by atoms with van der Waals surface area (Å²) in [6.45, 7) is 21.1. The lowest BCUT2D eigenvalue weighted by Gasteiger charge is -2.72. The van der Waals surface area contributed by atoms with Crippen LogP contribution in [-0.2, 0) is 19.1 Å². The number of nitrogens with zero attached hydrogens (tertiary/aromatic N) is 1. The van der Waals surface area contributed by atoms with Gasteiger partial charge in [0.25, 0.3) is 0 Å². The average Bonchev–Trinajstić information content (AvgIpc) is 3.60. The van der Waals surface area contributed by atoms with Crippen LogP contribution in [-0.4, -0.2) is 75.9 Å². The van der Waals surface area contributed by atoms with E-state index in [0.717, 1.165) is 76.3 Å². The SMILES string of the molecule is CC(C)C1=C2C3CC[C@@H]4[C@@]5(C)CC[C@H](OC(=O)CC(C)(C)C(=O)O)C(C)(C)[C@@H]5CC[C@@]4(C)[C@]3(C)CC[C@@]2(C(O)CN2CCC[C@H]2CO)CC1=O. The molecule has 10 atom stereocenters. The predicted molar refractivity (Wildman–Crippen MR) is 193 cm³/mol. The number of hydrogen-bond donors (Lipinski definition) is 3. The number of esters is 1. The number of Topliss-reactive ketones (excluding diaryl/α,β-unsaturated/α-hetero) is 1. The van der Waals surface area contributed by atoms with Crippen molar-refractivity contribution in [3.8, 4) is 0 Å². The number of aliphatic hydroxyl groups is 2. The molecule has 4 saturated carbocycles. The largest absolute Gasteiger partial charge is 0.481 e. The smallest absolute Gasteiger partial charge is 0.309 e. The second-order valence-electron chi connectivity index (χ2n) is 20.0. The maximum absolute atomic E-state index is 14.0. The van der Waals surface area contributed by atoms with Crippen molar-refractivity contribution in [1.29, 1.82) is 0 Å². The Morgan fingerprint density at radius 3 is 2.28 bits per heavy atom. The van der Waals surface area contributed by atoms with Crippen molar-refractivity contribution in [2.75, 3.05) is 19.7 Å². The van der Waals surface area contributed by atoms with E-state index < -0.39 is 28.9 Å². The highest BCUT2D eigenvalue weighted by Crippen LogP contribution is 2.77. The Kier molecular flexibility index (Phi) is 9.63. The number of carboxylic acids is 1. The number of β-amino-alcohol motifs (C(OH)–C–C–N with tert-alkyl or cyclic N) is 1. The standard InChI is InChI=1S/C42H67NO7/c1-25(2)34-28(45)21-42(31(46)23-43-20-10-11-26(43)24-44)19-18-40(8)27(35(34)42)12-13-30-39(7)16-15-32(50-33(47)22-37(3,4)36(48)49)38(5,6)29(39)14-17-41(30,40)9/h25-27,29-32,44,46H,10-24H2,1-9H3,(H,48,49)/t26-,27?,29-,30+,31?,32-,39-,40+,41+,42-/m0/s1. The Hall–Kier alpha value is -1.77. The molecule has 50 heavy (non-hydrogen) atoms. The normalized spacial score (nSPS) is 42.1. The summed E-state index contributed by atoms with van der Waals surface area (Å²) in [5.74, 6) is 0.0611. The van der Waals surface area contributed by atoms with Crippen LogP contribution < -0.4 is 0 Å². The molecule has 0 bridgehead atoms. The molecule has 1 aliphatic heterocycles. The van der Waals surface area contributed by atoms with E-state index in [1.807, 2.05) is 0 Å². The number of carbonyl (C=O) groups excluding carboxylic acids is 2. The van der Waals surface area contributed by atoms with Crippen LogP contribution in [0.5, 0.6) is 0 Å². The molecule has 1 saturated heterocycles. The highest BCUT2D eigenvalue weighted by atomic mass is 16.5. The van der Waals surface area contributed by atoms with E-state index in [0.29, 0.717) is 24.8 Å². The number of allylic oxidation sites excluding steroid dienone is 1. The topological polar surface area (TPSA) is 124 Å². The molecule has 0 amide bonds. The van der Waals surface area contributed by atoms with Crippen molar-refractivity contribution in [3.05, 3.63) is 11.1 Å². The molecule has 8 nitrogen and oxygen atoms in total. The van der Waals surface area contributed by atoms with Crippen LogP contribution >= 0.6 is 0 Å². The Balaban J connectivity index is 1.29. The fourth-order valence-electron chi connectivity index (χ4n) is 13.7. The summed E-state index contributed by atoms with van der Waals surface area (Å²) in [5, 5.41) is 31.9. The summed E-state index contributed by atoms with van der Waals surface area (Å²) >= 11 is 0. The first-order valence-electron chi connectivity index (χ1n) is 19.9. The third-order valence-corrected chi connectivity index (χ3v) is 16.6. The van der Waals surface area contributed by atoms with Gasteiger partial charge >= 0.3 is 11.9 Å². The van der Waals surface area contributed by atoms with Gasteiger partial charge in [0.05, 0.1) is 24.5 Å². The van der Waals surface area contributed by atoms with E-state index in [2.05, 4.69) is 53.4 Å². The summed E-state index contributed by atoms with van der Waals surface area (Å²) < 4.78 is 6.16. The lowest BCUT2D eigenvalue weighted by atomic mass is 9.33. The minimum absolute atomic E-state index is 0.00956. The van der Waals surface area contributed by atoms with E-state index in [1.54, 1.807) is 13.8 Å². The van der Waals surface area contributed by atoms with E-state index in [1.165, 1.54) is 5.57 Å². The zero-order chi connectivity index (χ0) is 36.8. The third kappa shape index (κ3) is 5.49. The van der Waals surface area contributed by atoms with E-state index in [-0.39, 0.29) is 64.5 Å². The van der Waals surface area contributed by atoms with Gasteiger partial charge in [0.1, 0.15) is 6.10 Å². The number of ketones is 1. The number of rotatable bonds is 9. The molecule has 282 valence electrons. The highest BCUT2D eigenvalue weighted by molar-refractivity contribution is 6.00. The van der Waals surface area contributed by atoms with Crippen LogP contribution in [0.1, 0.15) is 139 Å². The summed E-state index contributed by atoms with van der Waals surface area (Å²) in [4.78, 5) is 41.1. The highest BCUT2D eigenvalue weighted by Gasteiger charge is 2.71. The molecule has 0 spiro atoms. The van der Waals surface area contributed by atoms with Crippen molar-refractivity contribution < 1.29 is 34.4 Å². The molecule has 0 aromatic heterocycles. The lowest BCUT2D eigenvalue weighted by molar-refractivity contribution is -0.235. The van der Waals surface area contributed by atoms with Crippen molar-refractivity contribution >= 4 is 17.7 Å². The summed E-state index contributed by atoms with van der Waals surface area (Å²) in [7, 11) is 0. The van der Waals surface area contributed by atoms with Gasteiger partial charge in [-0.25, -0.2) is 0 Å². The zero-order valence-electron chi connectivity index (χ0n) is 32.6. The first-order valence-corrected chi connectivity index (χ1v) is 19.9. The van der Waals surface area contributed by atoms with Crippen LogP contribution in [0.25, 0.3) is 0 Å². The van der Waals surface area contributed by atoms with Crippen LogP contribution in [0.3, 0.4) is 0 Å². The summed E-state index contributed by atoms with van der Waals surface area (Å²) in [6, 6.07) is 0.0914. The van der Waals surface area contributed by atoms with E-state index >= 15 is 0 Å². The fourth-order valence-corrected chi connectivity index (χ4v) is 13.7. The lowest BCUT2D eigenvalue weighted by Crippen LogP contribution is -2.66. The van der Waals surface area contributed by atoms with Crippen molar-refractivity contribution in [2.24, 2.45) is 56.2 Å². The number of hydrogen-bond acceptors (Lipinski definition) is 7. The second kappa shape index (κ2) is 12.7. The second-order valence-corrected chi connectivity index (χ2v) is 20.0. The van der Waals surface area contributed by atoms with Gasteiger partial charge < -0.3 is 20.1 Å². The minimum Gasteiger partial charge on any atom is -0.481 e. The van der Waals surface area contributed by atoms with Crippen LogP contribution in [0, 0.1) is 56.2 Å². The first kappa shape index (κ1) is 38.0. The first-order chi connectivity index (χ1) is 23.2. The molecule has 6 rings (SSSR count). The van der Waals surface area contributed by atoms with Crippen molar-refractivity contribution in [1.82, 2.24) is 4.90 Å². The number of carboxylic acid groups (broad SMARTS) is 1. The molecule has 5 aliphatic carbocycles. The Labute approximate surface area is 301 Å². The molecule has 0 aromatic carbocycles. The molecular formula is C42H67NO7. The number of aliphatic carboxylic acids is 1. The molecule has 3 N–H and O–H groups in total. The van der Waals surface area contributed by atoms with E-state index in [4.69, 9.17) is 4.74 Å². The number of fused-ring (bicyclic) bond motifs is 7. The van der Waals surface area contributed by atoms with Crippen LogP contribution in [0.4, 0.5) is 0 Å². The Bertz CT molecular complexity index is 1420. The number of likely N-dealkylation sites (tertiary alicyclic amines) is 1.